The first-order valence-electron chi connectivity index (χ1n) is 7.39. The van der Waals surface area contributed by atoms with E-state index in [4.69, 9.17) is 18.0 Å². The SMILES string of the molecule is Cc1cc(C(N)=S)nc(NC2CCCCC2C(C)C)n1. The van der Waals surface area contributed by atoms with Gasteiger partial charge in [-0.15, -0.1) is 0 Å². The highest BCUT2D eigenvalue weighted by molar-refractivity contribution is 7.80. The molecular weight excluding hydrogens is 268 g/mol. The average Bonchev–Trinajstić information content (AvgIpc) is 2.38. The van der Waals surface area contributed by atoms with E-state index in [9.17, 15) is 0 Å². The van der Waals surface area contributed by atoms with Crippen LogP contribution in [0.4, 0.5) is 5.95 Å². The minimum atomic E-state index is 0.322. The molecule has 1 aromatic heterocycles. The molecule has 2 unspecified atom stereocenters. The summed E-state index contributed by atoms with van der Waals surface area (Å²) in [4.78, 5) is 9.22. The van der Waals surface area contributed by atoms with Crippen LogP contribution in [0.2, 0.25) is 0 Å². The van der Waals surface area contributed by atoms with E-state index in [1.165, 1.54) is 25.7 Å². The molecular formula is C15H24N4S. The number of anilines is 1. The molecule has 1 aliphatic rings. The first-order valence-corrected chi connectivity index (χ1v) is 7.80. The average molecular weight is 292 g/mol. The molecule has 3 N–H and O–H groups in total. The fourth-order valence-electron chi connectivity index (χ4n) is 3.06. The van der Waals surface area contributed by atoms with Gasteiger partial charge in [-0.05, 0) is 37.7 Å². The van der Waals surface area contributed by atoms with Crippen molar-refractivity contribution < 1.29 is 0 Å². The first-order chi connectivity index (χ1) is 9.47. The van der Waals surface area contributed by atoms with Crippen molar-refractivity contribution in [3.8, 4) is 0 Å². The molecule has 0 aromatic carbocycles. The largest absolute Gasteiger partial charge is 0.388 e. The van der Waals surface area contributed by atoms with E-state index >= 15 is 0 Å². The maximum Gasteiger partial charge on any atom is 0.223 e. The molecule has 4 nitrogen and oxygen atoms in total. The summed E-state index contributed by atoms with van der Waals surface area (Å²) in [5.74, 6) is 2.01. The van der Waals surface area contributed by atoms with E-state index in [0.29, 0.717) is 34.5 Å². The van der Waals surface area contributed by atoms with Crippen LogP contribution < -0.4 is 11.1 Å². The summed E-state index contributed by atoms with van der Waals surface area (Å²) in [7, 11) is 0. The molecule has 5 heteroatoms. The quantitative estimate of drug-likeness (QED) is 0.835. The number of nitrogens with zero attached hydrogens (tertiary/aromatic N) is 2. The van der Waals surface area contributed by atoms with Gasteiger partial charge in [-0.2, -0.15) is 0 Å². The van der Waals surface area contributed by atoms with Crippen molar-refractivity contribution in [3.63, 3.8) is 0 Å². The third-order valence-corrected chi connectivity index (χ3v) is 4.31. The number of aryl methyl sites for hydroxylation is 1. The van der Waals surface area contributed by atoms with E-state index in [1.54, 1.807) is 0 Å². The highest BCUT2D eigenvalue weighted by Crippen LogP contribution is 2.31. The first kappa shape index (κ1) is 15.2. The predicted molar refractivity (Wildman–Crippen MR) is 86.9 cm³/mol. The van der Waals surface area contributed by atoms with Crippen molar-refractivity contribution in [2.75, 3.05) is 5.32 Å². The lowest BCUT2D eigenvalue weighted by Gasteiger charge is -2.35. The van der Waals surface area contributed by atoms with E-state index in [-0.39, 0.29) is 0 Å². The minimum Gasteiger partial charge on any atom is -0.388 e. The van der Waals surface area contributed by atoms with Gasteiger partial charge in [0.2, 0.25) is 5.95 Å². The molecule has 0 radical (unpaired) electrons. The van der Waals surface area contributed by atoms with Crippen LogP contribution in [-0.2, 0) is 0 Å². The van der Waals surface area contributed by atoms with Crippen molar-refractivity contribution in [3.05, 3.63) is 17.5 Å². The Labute approximate surface area is 126 Å². The predicted octanol–water partition coefficient (Wildman–Crippen LogP) is 3.05. The third-order valence-electron chi connectivity index (χ3n) is 4.10. The maximum absolute atomic E-state index is 5.67. The number of nitrogens with two attached hydrogens (primary N) is 1. The van der Waals surface area contributed by atoms with Crippen molar-refractivity contribution in [1.29, 1.82) is 0 Å². The van der Waals surface area contributed by atoms with Crippen LogP contribution in [0, 0.1) is 18.8 Å². The van der Waals surface area contributed by atoms with Crippen LogP contribution in [0.1, 0.15) is 50.9 Å². The second-order valence-electron chi connectivity index (χ2n) is 6.03. The van der Waals surface area contributed by atoms with E-state index in [2.05, 4.69) is 29.1 Å². The number of rotatable bonds is 4. The van der Waals surface area contributed by atoms with Crippen LogP contribution in [0.5, 0.6) is 0 Å². The van der Waals surface area contributed by atoms with Crippen LogP contribution in [-0.4, -0.2) is 21.0 Å². The van der Waals surface area contributed by atoms with E-state index < -0.39 is 0 Å². The maximum atomic E-state index is 5.67. The van der Waals surface area contributed by atoms with Crippen molar-refractivity contribution >= 4 is 23.2 Å². The summed E-state index contributed by atoms with van der Waals surface area (Å²) in [6.07, 6.45) is 5.06. The molecule has 0 bridgehead atoms. The number of nitrogens with one attached hydrogen (secondary N) is 1. The zero-order chi connectivity index (χ0) is 14.7. The summed E-state index contributed by atoms with van der Waals surface area (Å²) < 4.78 is 0. The van der Waals surface area contributed by atoms with Gasteiger partial charge < -0.3 is 11.1 Å². The molecule has 2 atom stereocenters. The van der Waals surface area contributed by atoms with Crippen molar-refractivity contribution in [2.24, 2.45) is 17.6 Å². The lowest BCUT2D eigenvalue weighted by Crippen LogP contribution is -2.36. The minimum absolute atomic E-state index is 0.322. The Morgan fingerprint density at radius 1 is 1.35 bits per heavy atom. The van der Waals surface area contributed by atoms with Gasteiger partial charge in [0.05, 0.1) is 0 Å². The molecule has 0 aliphatic heterocycles. The Bertz CT molecular complexity index is 487. The Morgan fingerprint density at radius 2 is 2.05 bits per heavy atom. The van der Waals surface area contributed by atoms with Gasteiger partial charge in [0.1, 0.15) is 10.7 Å². The molecule has 0 amide bonds. The molecule has 0 spiro atoms. The molecule has 1 heterocycles. The van der Waals surface area contributed by atoms with Crippen molar-refractivity contribution in [2.45, 2.75) is 52.5 Å². The summed E-state index contributed by atoms with van der Waals surface area (Å²) >= 11 is 5.01. The van der Waals surface area contributed by atoms with Gasteiger partial charge in [-0.3, -0.25) is 0 Å². The summed E-state index contributed by atoms with van der Waals surface area (Å²) in [5.41, 5.74) is 7.21. The van der Waals surface area contributed by atoms with Crippen LogP contribution in [0.25, 0.3) is 0 Å². The Balaban J connectivity index is 2.17. The van der Waals surface area contributed by atoms with Gasteiger partial charge in [0.15, 0.2) is 0 Å². The Morgan fingerprint density at radius 3 is 2.70 bits per heavy atom. The zero-order valence-corrected chi connectivity index (χ0v) is 13.3. The second-order valence-corrected chi connectivity index (χ2v) is 6.47. The standard InChI is InChI=1S/C15H24N4S/c1-9(2)11-6-4-5-7-12(11)18-15-17-10(3)8-13(19-15)14(16)20/h8-9,11-12H,4-7H2,1-3H3,(H2,16,20)(H,17,18,19). The normalized spacial score (nSPS) is 22.8. The zero-order valence-electron chi connectivity index (χ0n) is 12.5. The number of hydrogen-bond acceptors (Lipinski definition) is 4. The molecule has 1 aromatic rings. The smallest absolute Gasteiger partial charge is 0.223 e. The van der Waals surface area contributed by atoms with Crippen LogP contribution >= 0.6 is 12.2 Å². The van der Waals surface area contributed by atoms with Gasteiger partial charge in [0, 0.05) is 11.7 Å². The highest BCUT2D eigenvalue weighted by atomic mass is 32.1. The Hall–Kier alpha value is -1.23. The Kier molecular flexibility index (Phi) is 4.91. The molecule has 20 heavy (non-hydrogen) atoms. The highest BCUT2D eigenvalue weighted by Gasteiger charge is 2.28. The third kappa shape index (κ3) is 3.66. The molecule has 2 rings (SSSR count). The lowest BCUT2D eigenvalue weighted by molar-refractivity contribution is 0.253. The van der Waals surface area contributed by atoms with Crippen LogP contribution in [0.3, 0.4) is 0 Å². The molecule has 1 aliphatic carbocycles. The molecule has 1 saturated carbocycles. The fraction of sp³-hybridized carbons (Fsp3) is 0.667. The van der Waals surface area contributed by atoms with Crippen molar-refractivity contribution in [1.82, 2.24) is 9.97 Å². The summed E-state index contributed by atoms with van der Waals surface area (Å²) in [6, 6.07) is 2.28. The van der Waals surface area contributed by atoms with Gasteiger partial charge in [0.25, 0.3) is 0 Å². The molecule has 110 valence electrons. The number of hydrogen-bond donors (Lipinski definition) is 2. The monoisotopic (exact) mass is 292 g/mol. The van der Waals surface area contributed by atoms with E-state index in [0.717, 1.165) is 5.69 Å². The second kappa shape index (κ2) is 6.48. The summed E-state index contributed by atoms with van der Waals surface area (Å²) in [6.45, 7) is 6.53. The lowest BCUT2D eigenvalue weighted by atomic mass is 9.78. The van der Waals surface area contributed by atoms with E-state index in [1.807, 2.05) is 13.0 Å². The summed E-state index contributed by atoms with van der Waals surface area (Å²) in [5, 5.41) is 3.51. The van der Waals surface area contributed by atoms with Gasteiger partial charge in [-0.1, -0.05) is 38.9 Å². The number of aromatic nitrogens is 2. The fourth-order valence-corrected chi connectivity index (χ4v) is 3.17. The molecule has 0 saturated heterocycles. The van der Waals surface area contributed by atoms with Crippen LogP contribution in [0.15, 0.2) is 6.07 Å². The molecule has 1 fully saturated rings. The topological polar surface area (TPSA) is 63.8 Å². The number of thiocarbonyl (C=S) groups is 1. The van der Waals surface area contributed by atoms with Gasteiger partial charge in [-0.25, -0.2) is 9.97 Å². The van der Waals surface area contributed by atoms with Gasteiger partial charge >= 0.3 is 0 Å².